The van der Waals surface area contributed by atoms with Gasteiger partial charge in [0.2, 0.25) is 5.78 Å². The molecule has 4 nitrogen and oxygen atoms in total. The first-order valence-corrected chi connectivity index (χ1v) is 8.11. The van der Waals surface area contributed by atoms with Crippen LogP contribution in [0.3, 0.4) is 0 Å². The maximum Gasteiger partial charge on any atom is 0.228 e. The highest BCUT2D eigenvalue weighted by molar-refractivity contribution is 6.23. The van der Waals surface area contributed by atoms with Crippen LogP contribution in [-0.4, -0.2) is 17.3 Å². The number of fused-ring (bicyclic) bond motifs is 3. The van der Waals surface area contributed by atoms with Gasteiger partial charge in [-0.1, -0.05) is 6.92 Å². The largest absolute Gasteiger partial charge is 0.460 e. The van der Waals surface area contributed by atoms with Gasteiger partial charge in [-0.3, -0.25) is 14.4 Å². The number of furan rings is 1. The molecule has 1 heterocycles. The Morgan fingerprint density at radius 3 is 2.46 bits per heavy atom. The fraction of sp³-hybridized carbons (Fsp3) is 0.250. The monoisotopic (exact) mass is 318 g/mol. The van der Waals surface area contributed by atoms with E-state index in [2.05, 4.69) is 6.92 Å². The van der Waals surface area contributed by atoms with E-state index < -0.39 is 0 Å². The molecule has 0 saturated heterocycles. The van der Waals surface area contributed by atoms with Crippen molar-refractivity contribution >= 4 is 17.3 Å². The van der Waals surface area contributed by atoms with E-state index in [0.717, 1.165) is 36.0 Å². The minimum absolute atomic E-state index is 0.183. The van der Waals surface area contributed by atoms with Crippen molar-refractivity contribution in [2.75, 3.05) is 0 Å². The summed E-state index contributed by atoms with van der Waals surface area (Å²) in [6.45, 7) is 2.10. The highest BCUT2D eigenvalue weighted by atomic mass is 16.3. The second-order valence-corrected chi connectivity index (χ2v) is 6.99. The second kappa shape index (κ2) is 4.20. The number of benzene rings is 1. The number of carbonyl (C=O) groups excluding carboxylic acids is 3. The summed E-state index contributed by atoms with van der Waals surface area (Å²) in [5, 5.41) is 0. The third-order valence-electron chi connectivity index (χ3n) is 5.66. The van der Waals surface area contributed by atoms with Gasteiger partial charge >= 0.3 is 0 Å². The van der Waals surface area contributed by atoms with Crippen molar-refractivity contribution in [2.24, 2.45) is 0 Å². The van der Waals surface area contributed by atoms with E-state index in [0.29, 0.717) is 22.5 Å². The Morgan fingerprint density at radius 1 is 1.00 bits per heavy atom. The second-order valence-electron chi connectivity index (χ2n) is 6.99. The predicted molar refractivity (Wildman–Crippen MR) is 85.8 cm³/mol. The van der Waals surface area contributed by atoms with E-state index in [1.54, 1.807) is 18.4 Å². The summed E-state index contributed by atoms with van der Waals surface area (Å²) in [7, 11) is 0. The summed E-state index contributed by atoms with van der Waals surface area (Å²) in [6, 6.07) is 3.35. The van der Waals surface area contributed by atoms with Crippen LogP contribution >= 0.6 is 0 Å². The Hall–Kier alpha value is -2.75. The average Bonchev–Trinajstić information content (AvgIpc) is 3.02. The van der Waals surface area contributed by atoms with Crippen molar-refractivity contribution in [3.8, 4) is 0 Å². The minimum atomic E-state index is -0.349. The Balaban J connectivity index is 1.86. The summed E-state index contributed by atoms with van der Waals surface area (Å²) in [5.74, 6) is -0.217. The molecule has 5 rings (SSSR count). The number of ketones is 3. The van der Waals surface area contributed by atoms with Crippen molar-refractivity contribution in [1.29, 1.82) is 0 Å². The van der Waals surface area contributed by atoms with Gasteiger partial charge < -0.3 is 4.42 Å². The van der Waals surface area contributed by atoms with Crippen LogP contribution in [0.25, 0.3) is 0 Å². The van der Waals surface area contributed by atoms with Crippen molar-refractivity contribution in [2.45, 2.75) is 31.6 Å². The molecule has 0 saturated carbocycles. The van der Waals surface area contributed by atoms with Gasteiger partial charge in [0.25, 0.3) is 0 Å². The van der Waals surface area contributed by atoms with Crippen molar-refractivity contribution in [3.05, 3.63) is 69.7 Å². The van der Waals surface area contributed by atoms with Gasteiger partial charge in [0, 0.05) is 27.7 Å². The average molecular weight is 318 g/mol. The predicted octanol–water partition coefficient (Wildman–Crippen LogP) is 3.40. The highest BCUT2D eigenvalue weighted by Gasteiger charge is 2.46. The van der Waals surface area contributed by atoms with Crippen LogP contribution in [0.1, 0.15) is 73.3 Å². The van der Waals surface area contributed by atoms with Crippen molar-refractivity contribution in [3.63, 3.8) is 0 Å². The third kappa shape index (κ3) is 1.46. The van der Waals surface area contributed by atoms with Crippen LogP contribution in [0, 0.1) is 0 Å². The lowest BCUT2D eigenvalue weighted by Crippen LogP contribution is -2.36. The molecule has 0 bridgehead atoms. The topological polar surface area (TPSA) is 64.3 Å². The Bertz CT molecular complexity index is 1000. The summed E-state index contributed by atoms with van der Waals surface area (Å²) in [4.78, 5) is 37.3. The summed E-state index contributed by atoms with van der Waals surface area (Å²) in [5.41, 5.74) is 3.74. The zero-order valence-electron chi connectivity index (χ0n) is 13.1. The zero-order chi connectivity index (χ0) is 16.6. The lowest BCUT2D eigenvalue weighted by molar-refractivity contribution is 0.0986. The fourth-order valence-electron chi connectivity index (χ4n) is 4.48. The van der Waals surface area contributed by atoms with Gasteiger partial charge in [0.05, 0.1) is 6.26 Å². The number of hydrogen-bond acceptors (Lipinski definition) is 4. The zero-order valence-corrected chi connectivity index (χ0v) is 13.1. The molecule has 4 heteroatoms. The van der Waals surface area contributed by atoms with Gasteiger partial charge in [-0.2, -0.15) is 0 Å². The number of allylic oxidation sites excluding steroid dienone is 2. The smallest absolute Gasteiger partial charge is 0.228 e. The normalized spacial score (nSPS) is 23.8. The van der Waals surface area contributed by atoms with Crippen LogP contribution in [0.5, 0.6) is 0 Å². The van der Waals surface area contributed by atoms with E-state index in [-0.39, 0.29) is 22.8 Å². The molecule has 0 aliphatic heterocycles. The van der Waals surface area contributed by atoms with Gasteiger partial charge in [-0.25, -0.2) is 0 Å². The van der Waals surface area contributed by atoms with Crippen molar-refractivity contribution in [1.82, 2.24) is 0 Å². The standard InChI is InChI=1S/C20H14O4/c1-20-6-2-3-10-9-24-19(17(10)20)18(23)13-7-11-12(8-14(13)20)16(22)5-4-15(11)21/h4-5,7-9H,2-3,6H2,1H3/t20-/m1/s1. The Labute approximate surface area is 138 Å². The summed E-state index contributed by atoms with van der Waals surface area (Å²) < 4.78 is 5.60. The first-order chi connectivity index (χ1) is 11.5. The molecule has 0 radical (unpaired) electrons. The summed E-state index contributed by atoms with van der Waals surface area (Å²) >= 11 is 0. The number of carbonyl (C=O) groups is 3. The maximum absolute atomic E-state index is 12.9. The molecule has 0 N–H and O–H groups in total. The molecule has 1 atom stereocenters. The van der Waals surface area contributed by atoms with E-state index in [9.17, 15) is 14.4 Å². The molecule has 0 amide bonds. The molecule has 0 fully saturated rings. The van der Waals surface area contributed by atoms with E-state index in [1.807, 2.05) is 0 Å². The molecule has 1 aromatic heterocycles. The van der Waals surface area contributed by atoms with Gasteiger partial charge in [0.1, 0.15) is 0 Å². The van der Waals surface area contributed by atoms with Crippen LogP contribution in [0.4, 0.5) is 0 Å². The SMILES string of the molecule is C[C@]12CCCc3coc(c31)C(=O)c1cc3c(cc12)C(=O)C=CC3=O. The van der Waals surface area contributed by atoms with Crippen LogP contribution in [0.15, 0.2) is 35.0 Å². The van der Waals surface area contributed by atoms with E-state index in [4.69, 9.17) is 4.42 Å². The molecule has 0 unspecified atom stereocenters. The molecule has 3 aliphatic rings. The first-order valence-electron chi connectivity index (χ1n) is 8.11. The third-order valence-corrected chi connectivity index (χ3v) is 5.66. The molecule has 24 heavy (non-hydrogen) atoms. The minimum Gasteiger partial charge on any atom is -0.460 e. The van der Waals surface area contributed by atoms with Crippen LogP contribution < -0.4 is 0 Å². The van der Waals surface area contributed by atoms with Crippen LogP contribution in [0.2, 0.25) is 0 Å². The molecular weight excluding hydrogens is 304 g/mol. The van der Waals surface area contributed by atoms with Gasteiger partial charge in [0.15, 0.2) is 17.3 Å². The maximum atomic E-state index is 12.9. The first kappa shape index (κ1) is 13.7. The lowest BCUT2D eigenvalue weighted by atomic mass is 9.62. The summed E-state index contributed by atoms with van der Waals surface area (Å²) in [6.07, 6.45) is 7.05. The highest BCUT2D eigenvalue weighted by Crippen LogP contribution is 2.50. The lowest BCUT2D eigenvalue weighted by Gasteiger charge is -2.39. The quantitative estimate of drug-likeness (QED) is 0.747. The van der Waals surface area contributed by atoms with E-state index in [1.165, 1.54) is 12.2 Å². The van der Waals surface area contributed by atoms with Crippen LogP contribution in [-0.2, 0) is 11.8 Å². The Morgan fingerprint density at radius 2 is 1.71 bits per heavy atom. The van der Waals surface area contributed by atoms with Gasteiger partial charge in [-0.05, 0) is 54.7 Å². The molecule has 0 spiro atoms. The molecule has 3 aliphatic carbocycles. The molecule has 1 aromatic carbocycles. The molecular formula is C20H14O4. The molecule has 2 aromatic rings. The van der Waals surface area contributed by atoms with E-state index >= 15 is 0 Å². The van der Waals surface area contributed by atoms with Gasteiger partial charge in [-0.15, -0.1) is 0 Å². The molecule has 118 valence electrons. The Kier molecular flexibility index (Phi) is 2.39. The number of aryl methyl sites for hydroxylation is 1. The number of hydrogen-bond donors (Lipinski definition) is 0. The van der Waals surface area contributed by atoms with Crippen molar-refractivity contribution < 1.29 is 18.8 Å². The fourth-order valence-corrected chi connectivity index (χ4v) is 4.48. The number of rotatable bonds is 0.